The van der Waals surface area contributed by atoms with Gasteiger partial charge in [-0.1, -0.05) is 6.42 Å². The summed E-state index contributed by atoms with van der Waals surface area (Å²) in [6.45, 7) is 2.47. The van der Waals surface area contributed by atoms with Crippen molar-refractivity contribution in [3.63, 3.8) is 0 Å². The number of benzene rings is 1. The molecule has 0 unspecified atom stereocenters. The van der Waals surface area contributed by atoms with Gasteiger partial charge in [0.05, 0.1) is 4.90 Å². The standard InChI is InChI=1S/C16H25N3O3S/c1-17-10-13-18(2)16(20)14-6-8-15(9-7-14)23(21,22)19-11-4-3-5-12-19/h6-9,17H,3-5,10-13H2,1-2H3. The second-order valence-corrected chi connectivity index (χ2v) is 7.76. The van der Waals surface area contributed by atoms with Crippen LogP contribution in [0.1, 0.15) is 29.6 Å². The van der Waals surface area contributed by atoms with Crippen molar-refractivity contribution >= 4 is 15.9 Å². The summed E-state index contributed by atoms with van der Waals surface area (Å²) in [5.41, 5.74) is 0.501. The smallest absolute Gasteiger partial charge is 0.253 e. The highest BCUT2D eigenvalue weighted by Crippen LogP contribution is 2.21. The van der Waals surface area contributed by atoms with Gasteiger partial charge in [-0.2, -0.15) is 4.31 Å². The van der Waals surface area contributed by atoms with Crippen LogP contribution in [0.25, 0.3) is 0 Å². The highest BCUT2D eigenvalue weighted by Gasteiger charge is 2.26. The molecule has 1 aromatic rings. The summed E-state index contributed by atoms with van der Waals surface area (Å²) in [7, 11) is 0.126. The molecule has 1 aliphatic rings. The highest BCUT2D eigenvalue weighted by atomic mass is 32.2. The monoisotopic (exact) mass is 339 g/mol. The fraction of sp³-hybridized carbons (Fsp3) is 0.562. The molecule has 0 atom stereocenters. The number of rotatable bonds is 6. The van der Waals surface area contributed by atoms with Gasteiger partial charge in [-0.15, -0.1) is 0 Å². The Hall–Kier alpha value is -1.44. The molecule has 0 aliphatic carbocycles. The first kappa shape index (κ1) is 17.9. The van der Waals surface area contributed by atoms with Crippen molar-refractivity contribution in [1.82, 2.24) is 14.5 Å². The second kappa shape index (κ2) is 7.90. The van der Waals surface area contributed by atoms with Gasteiger partial charge in [0, 0.05) is 38.8 Å². The number of likely N-dealkylation sites (N-methyl/N-ethyl adjacent to an activating group) is 2. The number of nitrogens with zero attached hydrogens (tertiary/aromatic N) is 2. The van der Waals surface area contributed by atoms with E-state index in [1.807, 2.05) is 7.05 Å². The van der Waals surface area contributed by atoms with E-state index in [9.17, 15) is 13.2 Å². The normalized spacial score (nSPS) is 16.3. The van der Waals surface area contributed by atoms with Gasteiger partial charge in [-0.05, 0) is 44.2 Å². The van der Waals surface area contributed by atoms with Gasteiger partial charge < -0.3 is 10.2 Å². The van der Waals surface area contributed by atoms with E-state index in [-0.39, 0.29) is 10.8 Å². The van der Waals surface area contributed by atoms with Gasteiger partial charge in [0.15, 0.2) is 0 Å². The molecule has 23 heavy (non-hydrogen) atoms. The molecular weight excluding hydrogens is 314 g/mol. The lowest BCUT2D eigenvalue weighted by Crippen LogP contribution is -2.35. The summed E-state index contributed by atoms with van der Waals surface area (Å²) in [4.78, 5) is 14.1. The number of sulfonamides is 1. The van der Waals surface area contributed by atoms with Crippen LogP contribution < -0.4 is 5.32 Å². The molecule has 1 amide bonds. The molecule has 128 valence electrons. The molecule has 7 heteroatoms. The summed E-state index contributed by atoms with van der Waals surface area (Å²) in [5.74, 6) is -0.109. The van der Waals surface area contributed by atoms with Gasteiger partial charge in [0.2, 0.25) is 10.0 Å². The van der Waals surface area contributed by atoms with Crippen LogP contribution in [0.15, 0.2) is 29.2 Å². The van der Waals surface area contributed by atoms with Crippen molar-refractivity contribution in [3.05, 3.63) is 29.8 Å². The number of hydrogen-bond donors (Lipinski definition) is 1. The Bertz CT molecular complexity index is 622. The minimum absolute atomic E-state index is 0.109. The lowest BCUT2D eigenvalue weighted by Gasteiger charge is -2.26. The maximum absolute atomic E-state index is 12.6. The van der Waals surface area contributed by atoms with E-state index in [2.05, 4.69) is 5.32 Å². The van der Waals surface area contributed by atoms with Gasteiger partial charge in [0.25, 0.3) is 5.91 Å². The van der Waals surface area contributed by atoms with E-state index in [1.165, 1.54) is 16.4 Å². The molecule has 0 radical (unpaired) electrons. The molecule has 1 fully saturated rings. The molecule has 1 saturated heterocycles. The summed E-state index contributed by atoms with van der Waals surface area (Å²) >= 11 is 0. The van der Waals surface area contributed by atoms with Crippen molar-refractivity contribution < 1.29 is 13.2 Å². The molecule has 1 aliphatic heterocycles. The van der Waals surface area contributed by atoms with E-state index >= 15 is 0 Å². The summed E-state index contributed by atoms with van der Waals surface area (Å²) in [6, 6.07) is 6.25. The fourth-order valence-corrected chi connectivity index (χ4v) is 4.14. The van der Waals surface area contributed by atoms with Crippen molar-refractivity contribution in [1.29, 1.82) is 0 Å². The average Bonchev–Trinajstić information content (AvgIpc) is 2.59. The van der Waals surface area contributed by atoms with Crippen molar-refractivity contribution in [2.75, 3.05) is 40.3 Å². The van der Waals surface area contributed by atoms with Crippen LogP contribution in [0, 0.1) is 0 Å². The number of piperidine rings is 1. The Morgan fingerprint density at radius 1 is 1.17 bits per heavy atom. The average molecular weight is 339 g/mol. The van der Waals surface area contributed by atoms with E-state index < -0.39 is 10.0 Å². The number of carbonyl (C=O) groups is 1. The van der Waals surface area contributed by atoms with Gasteiger partial charge in [-0.3, -0.25) is 4.79 Å². The van der Waals surface area contributed by atoms with Crippen molar-refractivity contribution in [2.24, 2.45) is 0 Å². The van der Waals surface area contributed by atoms with Crippen molar-refractivity contribution in [2.45, 2.75) is 24.2 Å². The molecule has 0 saturated carbocycles. The molecular formula is C16H25N3O3S. The maximum atomic E-state index is 12.6. The first-order valence-electron chi connectivity index (χ1n) is 7.97. The van der Waals surface area contributed by atoms with E-state index in [0.717, 1.165) is 19.3 Å². The lowest BCUT2D eigenvalue weighted by atomic mass is 10.2. The number of carbonyl (C=O) groups excluding carboxylic acids is 1. The Labute approximate surface area is 138 Å². The molecule has 6 nitrogen and oxygen atoms in total. The SMILES string of the molecule is CNCCN(C)C(=O)c1ccc(S(=O)(=O)N2CCCCC2)cc1. The Kier molecular flexibility index (Phi) is 6.15. The van der Waals surface area contributed by atoms with Crippen LogP contribution in [-0.2, 0) is 10.0 Å². The first-order chi connectivity index (χ1) is 11.0. The third-order valence-corrected chi connectivity index (χ3v) is 6.01. The predicted octanol–water partition coefficient (Wildman–Crippen LogP) is 1.15. The van der Waals surface area contributed by atoms with Gasteiger partial charge in [-0.25, -0.2) is 8.42 Å². The first-order valence-corrected chi connectivity index (χ1v) is 9.41. The summed E-state index contributed by atoms with van der Waals surface area (Å²) in [5, 5.41) is 2.99. The van der Waals surface area contributed by atoms with Crippen LogP contribution in [0.3, 0.4) is 0 Å². The number of amides is 1. The molecule has 1 N–H and O–H groups in total. The summed E-state index contributed by atoms with van der Waals surface area (Å²) < 4.78 is 26.7. The third-order valence-electron chi connectivity index (χ3n) is 4.10. The van der Waals surface area contributed by atoms with E-state index in [4.69, 9.17) is 0 Å². The lowest BCUT2D eigenvalue weighted by molar-refractivity contribution is 0.0796. The maximum Gasteiger partial charge on any atom is 0.253 e. The number of hydrogen-bond acceptors (Lipinski definition) is 4. The van der Waals surface area contributed by atoms with Crippen molar-refractivity contribution in [3.8, 4) is 0 Å². The molecule has 0 aromatic heterocycles. The molecule has 0 bridgehead atoms. The predicted molar refractivity (Wildman–Crippen MR) is 89.9 cm³/mol. The third kappa shape index (κ3) is 4.31. The molecule has 2 rings (SSSR count). The van der Waals surface area contributed by atoms with Crippen LogP contribution in [0.2, 0.25) is 0 Å². The Morgan fingerprint density at radius 3 is 2.35 bits per heavy atom. The van der Waals surface area contributed by atoms with Crippen LogP contribution >= 0.6 is 0 Å². The van der Waals surface area contributed by atoms with Crippen LogP contribution in [-0.4, -0.2) is 63.8 Å². The second-order valence-electron chi connectivity index (χ2n) is 5.82. The fourth-order valence-electron chi connectivity index (χ4n) is 2.63. The molecule has 0 spiro atoms. The summed E-state index contributed by atoms with van der Waals surface area (Å²) in [6.07, 6.45) is 2.90. The minimum atomic E-state index is -3.44. The largest absolute Gasteiger partial charge is 0.340 e. The zero-order chi connectivity index (χ0) is 16.9. The number of nitrogens with one attached hydrogen (secondary N) is 1. The molecule has 1 heterocycles. The van der Waals surface area contributed by atoms with E-state index in [1.54, 1.807) is 24.1 Å². The van der Waals surface area contributed by atoms with Crippen LogP contribution in [0.5, 0.6) is 0 Å². The topological polar surface area (TPSA) is 69.7 Å². The van der Waals surface area contributed by atoms with Gasteiger partial charge >= 0.3 is 0 Å². The highest BCUT2D eigenvalue weighted by molar-refractivity contribution is 7.89. The minimum Gasteiger partial charge on any atom is -0.340 e. The Morgan fingerprint density at radius 2 is 1.78 bits per heavy atom. The van der Waals surface area contributed by atoms with Crippen LogP contribution in [0.4, 0.5) is 0 Å². The molecule has 1 aromatic carbocycles. The zero-order valence-corrected chi connectivity index (χ0v) is 14.6. The van der Waals surface area contributed by atoms with Gasteiger partial charge in [0.1, 0.15) is 0 Å². The Balaban J connectivity index is 2.11. The van der Waals surface area contributed by atoms with E-state index in [0.29, 0.717) is 31.7 Å². The quantitative estimate of drug-likeness (QED) is 0.844. The zero-order valence-electron chi connectivity index (χ0n) is 13.8.